The lowest BCUT2D eigenvalue weighted by Crippen LogP contribution is -2.57. The highest BCUT2D eigenvalue weighted by atomic mass is 16.6. The number of rotatable bonds is 2. The van der Waals surface area contributed by atoms with Crippen molar-refractivity contribution >= 4 is 12.0 Å². The van der Waals surface area contributed by atoms with Gasteiger partial charge in [-0.15, -0.1) is 0 Å². The molecule has 1 aliphatic carbocycles. The third-order valence-corrected chi connectivity index (χ3v) is 3.82. The van der Waals surface area contributed by atoms with Crippen molar-refractivity contribution in [2.24, 2.45) is 0 Å². The van der Waals surface area contributed by atoms with Crippen molar-refractivity contribution in [2.75, 3.05) is 26.7 Å². The molecule has 1 aliphatic heterocycles. The zero-order valence-electron chi connectivity index (χ0n) is 12.8. The molecule has 0 spiro atoms. The van der Waals surface area contributed by atoms with Gasteiger partial charge in [0.05, 0.1) is 6.54 Å². The zero-order chi connectivity index (χ0) is 14.9. The van der Waals surface area contributed by atoms with Gasteiger partial charge in [-0.1, -0.05) is 0 Å². The van der Waals surface area contributed by atoms with E-state index in [9.17, 15) is 9.59 Å². The van der Waals surface area contributed by atoms with E-state index in [-0.39, 0.29) is 23.6 Å². The number of carbonyl (C=O) groups excluding carboxylic acids is 2. The van der Waals surface area contributed by atoms with Crippen LogP contribution < -0.4 is 5.32 Å². The van der Waals surface area contributed by atoms with Crippen LogP contribution in [0.5, 0.6) is 0 Å². The largest absolute Gasteiger partial charge is 0.446 e. The zero-order valence-corrected chi connectivity index (χ0v) is 12.8. The summed E-state index contributed by atoms with van der Waals surface area (Å²) in [5, 5.41) is 2.79. The first-order valence-electron chi connectivity index (χ1n) is 7.21. The molecule has 0 aromatic heterocycles. The third-order valence-electron chi connectivity index (χ3n) is 3.82. The molecule has 6 nitrogen and oxygen atoms in total. The number of hydrogen-bond acceptors (Lipinski definition) is 4. The Labute approximate surface area is 120 Å². The molecule has 2 amide bonds. The van der Waals surface area contributed by atoms with Crippen LogP contribution in [0.4, 0.5) is 4.79 Å². The van der Waals surface area contributed by atoms with Gasteiger partial charge in [-0.2, -0.15) is 0 Å². The summed E-state index contributed by atoms with van der Waals surface area (Å²) in [6.45, 7) is 7.95. The van der Waals surface area contributed by atoms with Gasteiger partial charge in [0.25, 0.3) is 0 Å². The molecule has 1 saturated heterocycles. The molecular weight excluding hydrogens is 258 g/mol. The van der Waals surface area contributed by atoms with Crippen LogP contribution in [0.1, 0.15) is 33.6 Å². The number of hydrogen-bond donors (Lipinski definition) is 1. The predicted octanol–water partition coefficient (Wildman–Crippen LogP) is 0.816. The molecule has 1 saturated carbocycles. The summed E-state index contributed by atoms with van der Waals surface area (Å²) in [6, 6.07) is 0.375. The summed E-state index contributed by atoms with van der Waals surface area (Å²) < 4.78 is 5.36. The molecule has 1 N–H and O–H groups in total. The maximum atomic E-state index is 11.7. The highest BCUT2D eigenvalue weighted by molar-refractivity contribution is 5.78. The summed E-state index contributed by atoms with van der Waals surface area (Å²) >= 11 is 0. The molecule has 20 heavy (non-hydrogen) atoms. The van der Waals surface area contributed by atoms with Gasteiger partial charge in [0.15, 0.2) is 0 Å². The van der Waals surface area contributed by atoms with Crippen LogP contribution in [0.2, 0.25) is 0 Å². The first-order chi connectivity index (χ1) is 9.24. The van der Waals surface area contributed by atoms with Gasteiger partial charge in [0, 0.05) is 44.6 Å². The summed E-state index contributed by atoms with van der Waals surface area (Å²) in [4.78, 5) is 27.2. The minimum atomic E-state index is -0.351. The Morgan fingerprint density at radius 3 is 2.50 bits per heavy atom. The number of amides is 2. The fraction of sp³-hybridized carbons (Fsp3) is 0.857. The van der Waals surface area contributed by atoms with E-state index in [4.69, 9.17) is 4.74 Å². The van der Waals surface area contributed by atoms with E-state index in [2.05, 4.69) is 10.2 Å². The van der Waals surface area contributed by atoms with Gasteiger partial charge >= 0.3 is 6.09 Å². The fourth-order valence-electron chi connectivity index (χ4n) is 2.51. The minimum absolute atomic E-state index is 0.0166. The smallest absolute Gasteiger partial charge is 0.407 e. The van der Waals surface area contributed by atoms with Gasteiger partial charge in [-0.3, -0.25) is 9.69 Å². The molecule has 0 unspecified atom stereocenters. The molecule has 0 aromatic carbocycles. The number of carbonyl (C=O) groups is 2. The van der Waals surface area contributed by atoms with Gasteiger partial charge in [0.2, 0.25) is 5.91 Å². The van der Waals surface area contributed by atoms with Gasteiger partial charge in [-0.25, -0.2) is 4.79 Å². The van der Waals surface area contributed by atoms with Gasteiger partial charge < -0.3 is 15.0 Å². The van der Waals surface area contributed by atoms with Crippen molar-refractivity contribution in [2.45, 2.75) is 51.3 Å². The predicted molar refractivity (Wildman–Crippen MR) is 75.4 cm³/mol. The normalized spacial score (nSPS) is 28.0. The fourth-order valence-corrected chi connectivity index (χ4v) is 2.51. The molecule has 0 atom stereocenters. The topological polar surface area (TPSA) is 61.9 Å². The number of piperazine rings is 1. The molecule has 0 bridgehead atoms. The number of nitrogens with one attached hydrogen (secondary N) is 1. The summed E-state index contributed by atoms with van der Waals surface area (Å²) in [6.07, 6.45) is 1.29. The Kier molecular flexibility index (Phi) is 4.22. The Bertz CT molecular complexity index is 386. The monoisotopic (exact) mass is 283 g/mol. The molecule has 6 heteroatoms. The Balaban J connectivity index is 1.70. The average molecular weight is 283 g/mol. The molecule has 1 heterocycles. The molecule has 2 rings (SSSR count). The number of nitrogens with zero attached hydrogens (tertiary/aromatic N) is 2. The highest BCUT2D eigenvalue weighted by Gasteiger charge is 2.38. The molecule has 114 valence electrons. The molecular formula is C14H25N3O3. The lowest BCUT2D eigenvalue weighted by atomic mass is 9.87. The van der Waals surface area contributed by atoms with Crippen LogP contribution in [-0.2, 0) is 9.53 Å². The molecule has 2 aliphatic rings. The molecule has 0 aromatic rings. The van der Waals surface area contributed by atoms with Crippen LogP contribution in [-0.4, -0.2) is 66.2 Å². The standard InChI is InChI=1S/C14H25N3O3/c1-14(2,3)15-13(19)20-11-7-10(8-11)17-6-5-16(4)12(18)9-17/h10-11H,5-9H2,1-4H3,(H,15,19). The summed E-state index contributed by atoms with van der Waals surface area (Å²) in [5.74, 6) is 0.172. The Hall–Kier alpha value is -1.30. The second kappa shape index (κ2) is 5.60. The van der Waals surface area contributed by atoms with E-state index in [0.717, 1.165) is 25.9 Å². The maximum Gasteiger partial charge on any atom is 0.407 e. The van der Waals surface area contributed by atoms with Crippen LogP contribution in [0.15, 0.2) is 0 Å². The second-order valence-corrected chi connectivity index (χ2v) is 6.81. The second-order valence-electron chi connectivity index (χ2n) is 6.81. The van der Waals surface area contributed by atoms with Crippen LogP contribution in [0.25, 0.3) is 0 Å². The Morgan fingerprint density at radius 2 is 1.95 bits per heavy atom. The average Bonchev–Trinajstić information content (AvgIpc) is 2.24. The van der Waals surface area contributed by atoms with E-state index >= 15 is 0 Å². The third kappa shape index (κ3) is 3.85. The van der Waals surface area contributed by atoms with Crippen LogP contribution >= 0.6 is 0 Å². The van der Waals surface area contributed by atoms with Gasteiger partial charge in [-0.05, 0) is 20.8 Å². The van der Waals surface area contributed by atoms with Crippen molar-refractivity contribution < 1.29 is 14.3 Å². The van der Waals surface area contributed by atoms with Crippen molar-refractivity contribution in [3.05, 3.63) is 0 Å². The number of likely N-dealkylation sites (N-methyl/N-ethyl adjacent to an activating group) is 1. The van der Waals surface area contributed by atoms with Crippen LogP contribution in [0.3, 0.4) is 0 Å². The first kappa shape index (κ1) is 15.1. The highest BCUT2D eigenvalue weighted by Crippen LogP contribution is 2.29. The Morgan fingerprint density at radius 1 is 1.30 bits per heavy atom. The minimum Gasteiger partial charge on any atom is -0.446 e. The van der Waals surface area contributed by atoms with E-state index < -0.39 is 0 Å². The quantitative estimate of drug-likeness (QED) is 0.815. The summed E-state index contributed by atoms with van der Waals surface area (Å²) in [5.41, 5.74) is -0.274. The van der Waals surface area contributed by atoms with E-state index in [1.807, 2.05) is 27.8 Å². The SMILES string of the molecule is CN1CCN(C2CC(OC(=O)NC(C)(C)C)C2)CC1=O. The maximum absolute atomic E-state index is 11.7. The van der Waals surface area contributed by atoms with E-state index in [0.29, 0.717) is 12.6 Å². The van der Waals surface area contributed by atoms with Crippen molar-refractivity contribution in [1.29, 1.82) is 0 Å². The van der Waals surface area contributed by atoms with E-state index in [1.54, 1.807) is 4.90 Å². The number of alkyl carbamates (subject to hydrolysis) is 1. The van der Waals surface area contributed by atoms with Crippen molar-refractivity contribution in [3.8, 4) is 0 Å². The molecule has 2 fully saturated rings. The first-order valence-corrected chi connectivity index (χ1v) is 7.21. The summed E-state index contributed by atoms with van der Waals surface area (Å²) in [7, 11) is 1.84. The lowest BCUT2D eigenvalue weighted by molar-refractivity contribution is -0.137. The van der Waals surface area contributed by atoms with Crippen LogP contribution in [0, 0.1) is 0 Å². The molecule has 0 radical (unpaired) electrons. The van der Waals surface area contributed by atoms with Crippen molar-refractivity contribution in [1.82, 2.24) is 15.1 Å². The van der Waals surface area contributed by atoms with Crippen molar-refractivity contribution in [3.63, 3.8) is 0 Å². The lowest BCUT2D eigenvalue weighted by Gasteiger charge is -2.44. The number of ether oxygens (including phenoxy) is 1. The van der Waals surface area contributed by atoms with Gasteiger partial charge in [0.1, 0.15) is 6.10 Å². The van der Waals surface area contributed by atoms with E-state index in [1.165, 1.54) is 0 Å².